The highest BCUT2D eigenvalue weighted by atomic mass is 19.4. The SMILES string of the molecule is CC(C)[C@@H](C(=O)N1CCC(Oc2cnc(C(F)(F)F)nc2)CC1)N(C(=O)O)C(C)(C)C. The number of alkyl halides is 3. The first-order valence-electron chi connectivity index (χ1n) is 10.1. The molecule has 2 rings (SSSR count). The van der Waals surface area contributed by atoms with Gasteiger partial charge in [0.25, 0.3) is 0 Å². The van der Waals surface area contributed by atoms with Crippen LogP contribution in [0.2, 0.25) is 0 Å². The van der Waals surface area contributed by atoms with Gasteiger partial charge < -0.3 is 14.7 Å². The Labute approximate surface area is 179 Å². The molecule has 1 aliphatic heterocycles. The van der Waals surface area contributed by atoms with Crippen molar-refractivity contribution in [2.45, 2.75) is 71.3 Å². The largest absolute Gasteiger partial charge is 0.487 e. The summed E-state index contributed by atoms with van der Waals surface area (Å²) in [6.07, 6.45) is -3.19. The number of hydrogen-bond acceptors (Lipinski definition) is 5. The quantitative estimate of drug-likeness (QED) is 0.742. The Bertz CT molecular complexity index is 770. The first kappa shape index (κ1) is 24.7. The van der Waals surface area contributed by atoms with Gasteiger partial charge in [0.05, 0.1) is 12.4 Å². The summed E-state index contributed by atoms with van der Waals surface area (Å²) in [5.41, 5.74) is -0.750. The Morgan fingerprint density at radius 2 is 1.68 bits per heavy atom. The number of halogens is 3. The molecule has 1 aliphatic rings. The molecule has 11 heteroatoms. The van der Waals surface area contributed by atoms with Gasteiger partial charge in [0, 0.05) is 31.5 Å². The number of ether oxygens (including phenoxy) is 1. The number of amides is 2. The molecule has 0 aliphatic carbocycles. The molecule has 31 heavy (non-hydrogen) atoms. The Morgan fingerprint density at radius 3 is 2.06 bits per heavy atom. The summed E-state index contributed by atoms with van der Waals surface area (Å²) in [7, 11) is 0. The van der Waals surface area contributed by atoms with Crippen molar-refractivity contribution in [3.8, 4) is 5.75 Å². The van der Waals surface area contributed by atoms with Crippen molar-refractivity contribution in [3.63, 3.8) is 0 Å². The first-order chi connectivity index (χ1) is 14.2. The maximum atomic E-state index is 13.2. The number of carbonyl (C=O) groups is 2. The van der Waals surface area contributed by atoms with Crippen molar-refractivity contribution in [1.82, 2.24) is 19.8 Å². The molecule has 0 radical (unpaired) electrons. The molecule has 174 valence electrons. The summed E-state index contributed by atoms with van der Waals surface area (Å²) >= 11 is 0. The lowest BCUT2D eigenvalue weighted by molar-refractivity contribution is -0.145. The zero-order valence-electron chi connectivity index (χ0n) is 18.3. The molecule has 1 aromatic heterocycles. The van der Waals surface area contributed by atoms with Gasteiger partial charge in [-0.05, 0) is 26.7 Å². The molecule has 1 N–H and O–H groups in total. The van der Waals surface area contributed by atoms with E-state index in [0.717, 1.165) is 12.4 Å². The van der Waals surface area contributed by atoms with E-state index in [1.54, 1.807) is 25.7 Å². The Balaban J connectivity index is 2.02. The van der Waals surface area contributed by atoms with Crippen LogP contribution in [0.1, 0.15) is 53.3 Å². The lowest BCUT2D eigenvalue weighted by Gasteiger charge is -2.43. The number of nitrogens with zero attached hydrogens (tertiary/aromatic N) is 4. The first-order valence-corrected chi connectivity index (χ1v) is 10.1. The summed E-state index contributed by atoms with van der Waals surface area (Å²) in [6, 6.07) is -0.821. The highest BCUT2D eigenvalue weighted by molar-refractivity contribution is 5.86. The van der Waals surface area contributed by atoms with Crippen LogP contribution in [0, 0.1) is 5.92 Å². The summed E-state index contributed by atoms with van der Waals surface area (Å²) in [5, 5.41) is 9.70. The lowest BCUT2D eigenvalue weighted by atomic mass is 9.94. The number of piperidine rings is 1. The Morgan fingerprint density at radius 1 is 1.16 bits per heavy atom. The Hall–Kier alpha value is -2.59. The van der Waals surface area contributed by atoms with Gasteiger partial charge in [-0.2, -0.15) is 13.2 Å². The van der Waals surface area contributed by atoms with Gasteiger partial charge in [0.15, 0.2) is 5.75 Å². The molecule has 0 bridgehead atoms. The van der Waals surface area contributed by atoms with E-state index in [9.17, 15) is 27.9 Å². The van der Waals surface area contributed by atoms with Crippen molar-refractivity contribution in [2.24, 2.45) is 5.92 Å². The van der Waals surface area contributed by atoms with Crippen LogP contribution in [0.3, 0.4) is 0 Å². The average molecular weight is 446 g/mol. The average Bonchev–Trinajstić information content (AvgIpc) is 2.64. The van der Waals surface area contributed by atoms with Gasteiger partial charge in [-0.15, -0.1) is 0 Å². The number of hydrogen-bond donors (Lipinski definition) is 1. The molecule has 1 aromatic rings. The summed E-state index contributed by atoms with van der Waals surface area (Å²) in [5.74, 6) is -1.59. The van der Waals surface area contributed by atoms with Crippen LogP contribution in [-0.2, 0) is 11.0 Å². The second kappa shape index (κ2) is 9.27. The second-order valence-electron chi connectivity index (χ2n) is 8.89. The molecule has 0 spiro atoms. The van der Waals surface area contributed by atoms with E-state index in [-0.39, 0.29) is 23.7 Å². The number of carboxylic acid groups (broad SMARTS) is 1. The topological polar surface area (TPSA) is 95.9 Å². The third-order valence-electron chi connectivity index (χ3n) is 5.03. The van der Waals surface area contributed by atoms with E-state index in [4.69, 9.17) is 4.74 Å². The zero-order chi connectivity index (χ0) is 23.6. The van der Waals surface area contributed by atoms with Crippen LogP contribution in [0.4, 0.5) is 18.0 Å². The molecule has 1 fully saturated rings. The summed E-state index contributed by atoms with van der Waals surface area (Å²) < 4.78 is 43.3. The van der Waals surface area contributed by atoms with E-state index >= 15 is 0 Å². The van der Waals surface area contributed by atoms with Gasteiger partial charge >= 0.3 is 12.3 Å². The van der Waals surface area contributed by atoms with Gasteiger partial charge in [-0.3, -0.25) is 9.69 Å². The predicted octanol–water partition coefficient (Wildman–Crippen LogP) is 3.67. The molecule has 8 nitrogen and oxygen atoms in total. The molecule has 1 atom stereocenters. The molecular weight excluding hydrogens is 417 g/mol. The van der Waals surface area contributed by atoms with Crippen molar-refractivity contribution in [2.75, 3.05) is 13.1 Å². The molecule has 1 saturated heterocycles. The van der Waals surface area contributed by atoms with Gasteiger partial charge in [0.2, 0.25) is 11.7 Å². The predicted molar refractivity (Wildman–Crippen MR) is 106 cm³/mol. The summed E-state index contributed by atoms with van der Waals surface area (Å²) in [6.45, 7) is 9.56. The van der Waals surface area contributed by atoms with Crippen molar-refractivity contribution in [1.29, 1.82) is 0 Å². The van der Waals surface area contributed by atoms with E-state index in [1.807, 2.05) is 13.8 Å². The van der Waals surface area contributed by atoms with E-state index in [1.165, 1.54) is 4.90 Å². The fourth-order valence-corrected chi connectivity index (χ4v) is 3.61. The van der Waals surface area contributed by atoms with E-state index < -0.39 is 29.7 Å². The monoisotopic (exact) mass is 446 g/mol. The molecule has 2 amide bonds. The van der Waals surface area contributed by atoms with Gasteiger partial charge in [-0.25, -0.2) is 14.8 Å². The van der Waals surface area contributed by atoms with Crippen LogP contribution in [0.15, 0.2) is 12.4 Å². The highest BCUT2D eigenvalue weighted by Gasteiger charge is 2.42. The minimum atomic E-state index is -4.62. The molecular formula is C20H29F3N4O4. The number of carbonyl (C=O) groups excluding carboxylic acids is 1. The summed E-state index contributed by atoms with van der Waals surface area (Å²) in [4.78, 5) is 34.4. The van der Waals surface area contributed by atoms with E-state index in [2.05, 4.69) is 9.97 Å². The van der Waals surface area contributed by atoms with Crippen LogP contribution >= 0.6 is 0 Å². The minimum absolute atomic E-state index is 0.127. The normalized spacial score (nSPS) is 16.9. The van der Waals surface area contributed by atoms with Crippen LogP contribution < -0.4 is 4.74 Å². The molecule has 2 heterocycles. The fourth-order valence-electron chi connectivity index (χ4n) is 3.61. The molecule has 0 saturated carbocycles. The van der Waals surface area contributed by atoms with Crippen molar-refractivity contribution >= 4 is 12.0 Å². The lowest BCUT2D eigenvalue weighted by Crippen LogP contribution is -2.60. The second-order valence-corrected chi connectivity index (χ2v) is 8.89. The molecule has 0 unspecified atom stereocenters. The Kier molecular flexibility index (Phi) is 7.38. The maximum Gasteiger partial charge on any atom is 0.451 e. The smallest absolute Gasteiger partial charge is 0.451 e. The number of rotatable bonds is 5. The van der Waals surface area contributed by atoms with Crippen molar-refractivity contribution in [3.05, 3.63) is 18.2 Å². The van der Waals surface area contributed by atoms with Gasteiger partial charge in [-0.1, -0.05) is 13.8 Å². The number of aromatic nitrogens is 2. The highest BCUT2D eigenvalue weighted by Crippen LogP contribution is 2.28. The van der Waals surface area contributed by atoms with Crippen LogP contribution in [-0.4, -0.2) is 67.6 Å². The molecule has 0 aromatic carbocycles. The fraction of sp³-hybridized carbons (Fsp3) is 0.700. The third-order valence-corrected chi connectivity index (χ3v) is 5.03. The van der Waals surface area contributed by atoms with E-state index in [0.29, 0.717) is 25.9 Å². The maximum absolute atomic E-state index is 13.2. The number of likely N-dealkylation sites (tertiary alicyclic amines) is 1. The van der Waals surface area contributed by atoms with Crippen LogP contribution in [0.25, 0.3) is 0 Å². The standard InChI is InChI=1S/C20H29F3N4O4/c1-12(2)15(27(18(29)30)19(3,4)5)16(28)26-8-6-13(7-9-26)31-14-10-24-17(25-11-14)20(21,22)23/h10-13,15H,6-9H2,1-5H3,(H,29,30)/t15-/m0/s1. The zero-order valence-corrected chi connectivity index (χ0v) is 18.3. The third kappa shape index (κ3) is 6.20. The van der Waals surface area contributed by atoms with Gasteiger partial charge in [0.1, 0.15) is 12.1 Å². The van der Waals surface area contributed by atoms with Crippen LogP contribution in [0.5, 0.6) is 5.75 Å². The van der Waals surface area contributed by atoms with Crippen molar-refractivity contribution < 1.29 is 32.6 Å². The minimum Gasteiger partial charge on any atom is -0.487 e.